The zero-order valence-corrected chi connectivity index (χ0v) is 14.0. The molecule has 1 aliphatic heterocycles. The second-order valence-corrected chi connectivity index (χ2v) is 6.31. The summed E-state index contributed by atoms with van der Waals surface area (Å²) >= 11 is 0. The Labute approximate surface area is 138 Å². The van der Waals surface area contributed by atoms with E-state index in [1.165, 1.54) is 0 Å². The molecular formula is C15H26ClN5O. The number of aryl methyl sites for hydroxylation is 1. The second-order valence-electron chi connectivity index (χ2n) is 6.31. The van der Waals surface area contributed by atoms with Crippen molar-refractivity contribution in [3.8, 4) is 0 Å². The Hall–Kier alpha value is -1.27. The van der Waals surface area contributed by atoms with E-state index in [9.17, 15) is 4.79 Å². The fraction of sp³-hybridized carbons (Fsp3) is 0.733. The van der Waals surface area contributed by atoms with E-state index in [-0.39, 0.29) is 24.4 Å². The summed E-state index contributed by atoms with van der Waals surface area (Å²) in [6.45, 7) is 3.38. The molecule has 0 aromatic carbocycles. The van der Waals surface area contributed by atoms with Gasteiger partial charge in [-0.25, -0.2) is 0 Å². The Kier molecular flexibility index (Phi) is 5.69. The average molecular weight is 328 g/mol. The number of hydrogen-bond donors (Lipinski definition) is 1. The van der Waals surface area contributed by atoms with Gasteiger partial charge >= 0.3 is 0 Å². The molecule has 22 heavy (non-hydrogen) atoms. The van der Waals surface area contributed by atoms with Gasteiger partial charge in [-0.05, 0) is 19.3 Å². The minimum atomic E-state index is 0. The molecule has 2 fully saturated rings. The molecule has 3 rings (SSSR count). The van der Waals surface area contributed by atoms with Crippen molar-refractivity contribution in [1.29, 1.82) is 0 Å². The third kappa shape index (κ3) is 3.73. The summed E-state index contributed by atoms with van der Waals surface area (Å²) in [5.41, 5.74) is 7.15. The van der Waals surface area contributed by atoms with E-state index in [2.05, 4.69) is 10.00 Å². The SMILES string of the molecule is Cl.Cn1cc(N2CCN(C(=O)C3CCCC(N)C3)CC2)cn1. The molecule has 1 saturated carbocycles. The lowest BCUT2D eigenvalue weighted by Crippen LogP contribution is -2.51. The van der Waals surface area contributed by atoms with Gasteiger partial charge in [-0.2, -0.15) is 5.10 Å². The summed E-state index contributed by atoms with van der Waals surface area (Å²) in [7, 11) is 1.93. The molecule has 7 heteroatoms. The maximum absolute atomic E-state index is 12.6. The normalized spacial score (nSPS) is 25.7. The standard InChI is InChI=1S/C15H25N5O.ClH/c1-18-11-14(10-17-18)19-5-7-20(8-6-19)15(21)12-3-2-4-13(16)9-12;/h10-13H,2-9,16H2,1H3;1H. The van der Waals surface area contributed by atoms with Crippen LogP contribution in [-0.2, 0) is 11.8 Å². The van der Waals surface area contributed by atoms with E-state index in [0.717, 1.165) is 57.5 Å². The minimum absolute atomic E-state index is 0. The Morgan fingerprint density at radius 1 is 1.27 bits per heavy atom. The van der Waals surface area contributed by atoms with Crippen LogP contribution < -0.4 is 10.6 Å². The summed E-state index contributed by atoms with van der Waals surface area (Å²) in [5, 5.41) is 4.21. The van der Waals surface area contributed by atoms with E-state index in [1.54, 1.807) is 0 Å². The van der Waals surface area contributed by atoms with Crippen molar-refractivity contribution in [2.75, 3.05) is 31.1 Å². The van der Waals surface area contributed by atoms with Gasteiger partial charge in [0.15, 0.2) is 0 Å². The molecule has 2 unspecified atom stereocenters. The predicted molar refractivity (Wildman–Crippen MR) is 89.2 cm³/mol. The number of carbonyl (C=O) groups excluding carboxylic acids is 1. The highest BCUT2D eigenvalue weighted by Crippen LogP contribution is 2.26. The molecule has 1 saturated heterocycles. The molecule has 0 bridgehead atoms. The van der Waals surface area contributed by atoms with E-state index >= 15 is 0 Å². The maximum atomic E-state index is 12.6. The summed E-state index contributed by atoms with van der Waals surface area (Å²) in [6, 6.07) is 0.212. The van der Waals surface area contributed by atoms with E-state index in [4.69, 9.17) is 5.73 Å². The van der Waals surface area contributed by atoms with Crippen LogP contribution in [0.2, 0.25) is 0 Å². The van der Waals surface area contributed by atoms with Gasteiger partial charge in [0.2, 0.25) is 5.91 Å². The molecule has 0 spiro atoms. The minimum Gasteiger partial charge on any atom is -0.365 e. The van der Waals surface area contributed by atoms with Crippen LogP contribution in [0, 0.1) is 5.92 Å². The number of nitrogens with zero attached hydrogens (tertiary/aromatic N) is 4. The highest BCUT2D eigenvalue weighted by Gasteiger charge is 2.30. The lowest BCUT2D eigenvalue weighted by atomic mass is 9.85. The maximum Gasteiger partial charge on any atom is 0.225 e. The number of anilines is 1. The number of halogens is 1. The molecule has 2 heterocycles. The van der Waals surface area contributed by atoms with Gasteiger partial charge in [0.05, 0.1) is 11.9 Å². The zero-order valence-electron chi connectivity index (χ0n) is 13.1. The fourth-order valence-electron chi connectivity index (χ4n) is 3.47. The highest BCUT2D eigenvalue weighted by atomic mass is 35.5. The molecule has 1 amide bonds. The van der Waals surface area contributed by atoms with E-state index < -0.39 is 0 Å². The monoisotopic (exact) mass is 327 g/mol. The van der Waals surface area contributed by atoms with Crippen LogP contribution in [0.3, 0.4) is 0 Å². The van der Waals surface area contributed by atoms with Crippen LogP contribution >= 0.6 is 12.4 Å². The first-order valence-corrected chi connectivity index (χ1v) is 7.91. The molecule has 1 aromatic heterocycles. The van der Waals surface area contributed by atoms with Crippen molar-refractivity contribution >= 4 is 24.0 Å². The lowest BCUT2D eigenvalue weighted by Gasteiger charge is -2.38. The fourth-order valence-corrected chi connectivity index (χ4v) is 3.47. The van der Waals surface area contributed by atoms with Crippen LogP contribution in [0.15, 0.2) is 12.4 Å². The third-order valence-electron chi connectivity index (χ3n) is 4.71. The Balaban J connectivity index is 0.00000176. The Morgan fingerprint density at radius 3 is 2.59 bits per heavy atom. The first-order valence-electron chi connectivity index (χ1n) is 7.91. The lowest BCUT2D eigenvalue weighted by molar-refractivity contribution is -0.137. The number of carbonyl (C=O) groups is 1. The van der Waals surface area contributed by atoms with E-state index in [0.29, 0.717) is 5.91 Å². The summed E-state index contributed by atoms with van der Waals surface area (Å²) < 4.78 is 1.82. The Bertz CT molecular complexity index is 498. The molecule has 6 nitrogen and oxygen atoms in total. The van der Waals surface area contributed by atoms with Gasteiger partial charge in [-0.15, -0.1) is 12.4 Å². The van der Waals surface area contributed by atoms with Gasteiger partial charge in [0.1, 0.15) is 0 Å². The van der Waals surface area contributed by atoms with Crippen LogP contribution in [0.4, 0.5) is 5.69 Å². The van der Waals surface area contributed by atoms with Crippen molar-refractivity contribution in [3.05, 3.63) is 12.4 Å². The largest absolute Gasteiger partial charge is 0.365 e. The number of rotatable bonds is 2. The van der Waals surface area contributed by atoms with Crippen molar-refractivity contribution in [3.63, 3.8) is 0 Å². The average Bonchev–Trinajstić information content (AvgIpc) is 2.93. The van der Waals surface area contributed by atoms with Crippen molar-refractivity contribution in [1.82, 2.24) is 14.7 Å². The van der Waals surface area contributed by atoms with E-state index in [1.807, 2.05) is 29.0 Å². The van der Waals surface area contributed by atoms with Gasteiger partial charge in [-0.3, -0.25) is 9.48 Å². The number of aromatic nitrogens is 2. The molecule has 124 valence electrons. The van der Waals surface area contributed by atoms with Crippen molar-refractivity contribution in [2.45, 2.75) is 31.7 Å². The predicted octanol–water partition coefficient (Wildman–Crippen LogP) is 1.01. The summed E-state index contributed by atoms with van der Waals surface area (Å²) in [4.78, 5) is 16.9. The molecule has 2 N–H and O–H groups in total. The molecule has 0 radical (unpaired) electrons. The van der Waals surface area contributed by atoms with Gasteiger partial charge < -0.3 is 15.5 Å². The Morgan fingerprint density at radius 2 is 2.00 bits per heavy atom. The zero-order chi connectivity index (χ0) is 14.8. The van der Waals surface area contributed by atoms with Crippen molar-refractivity contribution < 1.29 is 4.79 Å². The second kappa shape index (κ2) is 7.33. The number of piperazine rings is 1. The molecule has 1 aromatic rings. The van der Waals surface area contributed by atoms with Gasteiger partial charge in [0, 0.05) is 51.4 Å². The van der Waals surface area contributed by atoms with Crippen LogP contribution in [-0.4, -0.2) is 52.8 Å². The van der Waals surface area contributed by atoms with Gasteiger partial charge in [0.25, 0.3) is 0 Å². The molecule has 2 atom stereocenters. The van der Waals surface area contributed by atoms with Crippen molar-refractivity contribution in [2.24, 2.45) is 18.7 Å². The smallest absolute Gasteiger partial charge is 0.225 e. The first kappa shape index (κ1) is 17.1. The number of nitrogens with two attached hydrogens (primary N) is 1. The first-order chi connectivity index (χ1) is 10.1. The van der Waals surface area contributed by atoms with Crippen LogP contribution in [0.1, 0.15) is 25.7 Å². The molecular weight excluding hydrogens is 302 g/mol. The summed E-state index contributed by atoms with van der Waals surface area (Å²) in [6.07, 6.45) is 7.94. The number of hydrogen-bond acceptors (Lipinski definition) is 4. The highest BCUT2D eigenvalue weighted by molar-refractivity contribution is 5.85. The van der Waals surface area contributed by atoms with Crippen LogP contribution in [0.25, 0.3) is 0 Å². The van der Waals surface area contributed by atoms with Crippen LogP contribution in [0.5, 0.6) is 0 Å². The topological polar surface area (TPSA) is 67.4 Å². The quantitative estimate of drug-likeness (QED) is 0.880. The summed E-state index contributed by atoms with van der Waals surface area (Å²) in [5.74, 6) is 0.467. The number of amides is 1. The molecule has 2 aliphatic rings. The third-order valence-corrected chi connectivity index (χ3v) is 4.71. The van der Waals surface area contributed by atoms with Gasteiger partial charge in [-0.1, -0.05) is 6.42 Å². The molecule has 1 aliphatic carbocycles.